The number of anilines is 1. The van der Waals surface area contributed by atoms with Crippen molar-refractivity contribution in [3.05, 3.63) is 107 Å². The molecule has 0 fully saturated rings. The zero-order valence-electron chi connectivity index (χ0n) is 15.2. The Hall–Kier alpha value is -3.80. The van der Waals surface area contributed by atoms with Crippen molar-refractivity contribution in [2.75, 3.05) is 5.32 Å². The van der Waals surface area contributed by atoms with Crippen LogP contribution in [-0.4, -0.2) is 16.7 Å². The third kappa shape index (κ3) is 3.65. The smallest absolute Gasteiger partial charge is 0.278 e. The molecule has 0 aliphatic carbocycles. The van der Waals surface area contributed by atoms with Crippen molar-refractivity contribution in [2.45, 2.75) is 6.54 Å². The van der Waals surface area contributed by atoms with E-state index in [1.807, 2.05) is 30.3 Å². The molecule has 3 aromatic carbocycles. The maximum atomic E-state index is 13.6. The number of benzene rings is 3. The van der Waals surface area contributed by atoms with Gasteiger partial charge in [-0.3, -0.25) is 14.5 Å². The first kappa shape index (κ1) is 18.6. The monoisotopic (exact) mass is 390 g/mol. The van der Waals surface area contributed by atoms with Gasteiger partial charge in [-0.05, 0) is 23.3 Å². The number of hydrogen-bond acceptors (Lipinski definition) is 3. The molecule has 0 atom stereocenters. The minimum absolute atomic E-state index is 0.0307. The molecule has 0 spiro atoms. The van der Waals surface area contributed by atoms with Crippen LogP contribution >= 0.6 is 0 Å². The molecule has 0 unspecified atom stereocenters. The predicted molar refractivity (Wildman–Crippen MR) is 105 cm³/mol. The number of imide groups is 1. The van der Waals surface area contributed by atoms with E-state index in [-0.39, 0.29) is 23.5 Å². The van der Waals surface area contributed by atoms with E-state index in [1.165, 1.54) is 6.07 Å². The molecule has 1 N–H and O–H groups in total. The minimum atomic E-state index is -1.05. The summed E-state index contributed by atoms with van der Waals surface area (Å²) in [5, 5.41) is 2.81. The van der Waals surface area contributed by atoms with Crippen LogP contribution in [0.25, 0.3) is 5.57 Å². The molecule has 4 rings (SSSR count). The summed E-state index contributed by atoms with van der Waals surface area (Å²) >= 11 is 0. The molecule has 1 aliphatic heterocycles. The fourth-order valence-electron chi connectivity index (χ4n) is 3.19. The van der Waals surface area contributed by atoms with Crippen LogP contribution in [0.15, 0.2) is 84.6 Å². The normalized spacial score (nSPS) is 13.9. The van der Waals surface area contributed by atoms with Crippen molar-refractivity contribution in [1.29, 1.82) is 0 Å². The van der Waals surface area contributed by atoms with Crippen molar-refractivity contribution >= 4 is 23.1 Å². The average molecular weight is 390 g/mol. The highest BCUT2D eigenvalue weighted by molar-refractivity contribution is 6.36. The number of rotatable bonds is 5. The Morgan fingerprint density at radius 1 is 0.759 bits per heavy atom. The lowest BCUT2D eigenvalue weighted by atomic mass is 10.0. The van der Waals surface area contributed by atoms with E-state index in [2.05, 4.69) is 5.32 Å². The van der Waals surface area contributed by atoms with Crippen LogP contribution in [0.5, 0.6) is 0 Å². The molecule has 1 aliphatic rings. The molecule has 0 aromatic heterocycles. The van der Waals surface area contributed by atoms with Gasteiger partial charge in [0.2, 0.25) is 0 Å². The zero-order chi connectivity index (χ0) is 20.4. The highest BCUT2D eigenvalue weighted by Crippen LogP contribution is 2.31. The van der Waals surface area contributed by atoms with Gasteiger partial charge in [-0.15, -0.1) is 0 Å². The highest BCUT2D eigenvalue weighted by Gasteiger charge is 2.39. The molecule has 144 valence electrons. The average Bonchev–Trinajstić information content (AvgIpc) is 2.96. The van der Waals surface area contributed by atoms with Crippen molar-refractivity contribution in [1.82, 2.24) is 4.90 Å². The number of hydrogen-bond donors (Lipinski definition) is 1. The molecule has 0 saturated carbocycles. The molecule has 0 bridgehead atoms. The fourth-order valence-corrected chi connectivity index (χ4v) is 3.19. The number of halogens is 2. The Kier molecular flexibility index (Phi) is 4.91. The molecule has 3 aromatic rings. The summed E-state index contributed by atoms with van der Waals surface area (Å²) in [4.78, 5) is 27.3. The van der Waals surface area contributed by atoms with Gasteiger partial charge < -0.3 is 5.32 Å². The topological polar surface area (TPSA) is 49.4 Å². The molecule has 1 heterocycles. The summed E-state index contributed by atoms with van der Waals surface area (Å²) in [6, 6.07) is 21.1. The summed E-state index contributed by atoms with van der Waals surface area (Å²) < 4.78 is 26.9. The first-order valence-corrected chi connectivity index (χ1v) is 8.96. The van der Waals surface area contributed by atoms with Gasteiger partial charge in [-0.1, -0.05) is 60.7 Å². The second-order valence-electron chi connectivity index (χ2n) is 6.55. The van der Waals surface area contributed by atoms with Gasteiger partial charge >= 0.3 is 0 Å². The SMILES string of the molecule is O=C1C(Nc2ccc(F)c(F)c2)=C(c2ccccc2)C(=O)N1Cc1ccccc1. The lowest BCUT2D eigenvalue weighted by molar-refractivity contribution is -0.137. The molecule has 6 heteroatoms. The van der Waals surface area contributed by atoms with E-state index in [0.29, 0.717) is 5.56 Å². The van der Waals surface area contributed by atoms with Gasteiger partial charge in [0.25, 0.3) is 11.8 Å². The van der Waals surface area contributed by atoms with Gasteiger partial charge in [-0.25, -0.2) is 8.78 Å². The van der Waals surface area contributed by atoms with Crippen LogP contribution in [0.4, 0.5) is 14.5 Å². The third-order valence-corrected chi connectivity index (χ3v) is 4.60. The van der Waals surface area contributed by atoms with Crippen molar-refractivity contribution < 1.29 is 18.4 Å². The Morgan fingerprint density at radius 2 is 1.41 bits per heavy atom. The van der Waals surface area contributed by atoms with Crippen LogP contribution < -0.4 is 5.32 Å². The first-order chi connectivity index (χ1) is 14.0. The van der Waals surface area contributed by atoms with Crippen LogP contribution in [0.2, 0.25) is 0 Å². The Morgan fingerprint density at radius 3 is 2.07 bits per heavy atom. The summed E-state index contributed by atoms with van der Waals surface area (Å²) in [6.07, 6.45) is 0. The molecule has 0 radical (unpaired) electrons. The summed E-state index contributed by atoms with van der Waals surface area (Å²) in [6.45, 7) is 0.109. The van der Waals surface area contributed by atoms with Crippen LogP contribution in [0.1, 0.15) is 11.1 Å². The van der Waals surface area contributed by atoms with Crippen LogP contribution in [0.3, 0.4) is 0 Å². The van der Waals surface area contributed by atoms with E-state index in [9.17, 15) is 18.4 Å². The lowest BCUT2D eigenvalue weighted by Crippen LogP contribution is -2.32. The number of carbonyl (C=O) groups excluding carboxylic acids is 2. The maximum absolute atomic E-state index is 13.6. The second kappa shape index (κ2) is 7.67. The lowest BCUT2D eigenvalue weighted by Gasteiger charge is -2.15. The summed E-state index contributed by atoms with van der Waals surface area (Å²) in [7, 11) is 0. The summed E-state index contributed by atoms with van der Waals surface area (Å²) in [5.41, 5.74) is 1.76. The van der Waals surface area contributed by atoms with Gasteiger partial charge in [0, 0.05) is 11.8 Å². The van der Waals surface area contributed by atoms with Crippen LogP contribution in [-0.2, 0) is 16.1 Å². The zero-order valence-corrected chi connectivity index (χ0v) is 15.2. The second-order valence-corrected chi connectivity index (χ2v) is 6.55. The Balaban J connectivity index is 1.74. The molecular weight excluding hydrogens is 374 g/mol. The van der Waals surface area contributed by atoms with Gasteiger partial charge in [0.05, 0.1) is 12.1 Å². The summed E-state index contributed by atoms with van der Waals surface area (Å²) in [5.74, 6) is -3.01. The third-order valence-electron chi connectivity index (χ3n) is 4.60. The standard InChI is InChI=1S/C23H16F2N2O2/c24-18-12-11-17(13-19(18)25)26-21-20(16-9-5-2-6-10-16)22(28)27(23(21)29)14-15-7-3-1-4-8-15/h1-13,26H,14H2. The Labute approximate surface area is 166 Å². The molecular formula is C23H16F2N2O2. The number of nitrogens with one attached hydrogen (secondary N) is 1. The van der Waals surface area contributed by atoms with E-state index >= 15 is 0 Å². The highest BCUT2D eigenvalue weighted by atomic mass is 19.2. The number of carbonyl (C=O) groups is 2. The van der Waals surface area contributed by atoms with Gasteiger partial charge in [-0.2, -0.15) is 0 Å². The van der Waals surface area contributed by atoms with Crippen LogP contribution in [0, 0.1) is 11.6 Å². The molecule has 4 nitrogen and oxygen atoms in total. The maximum Gasteiger partial charge on any atom is 0.278 e. The molecule has 29 heavy (non-hydrogen) atoms. The van der Waals surface area contributed by atoms with Crippen molar-refractivity contribution in [2.24, 2.45) is 0 Å². The van der Waals surface area contributed by atoms with Crippen molar-refractivity contribution in [3.8, 4) is 0 Å². The predicted octanol–water partition coefficient (Wildman–Crippen LogP) is 4.36. The van der Waals surface area contributed by atoms with Crippen molar-refractivity contribution in [3.63, 3.8) is 0 Å². The minimum Gasteiger partial charge on any atom is -0.350 e. The van der Waals surface area contributed by atoms with E-state index in [0.717, 1.165) is 22.6 Å². The Bertz CT molecular complexity index is 1110. The molecule has 2 amide bonds. The molecule has 0 saturated heterocycles. The number of nitrogens with zero attached hydrogens (tertiary/aromatic N) is 1. The largest absolute Gasteiger partial charge is 0.350 e. The van der Waals surface area contributed by atoms with Gasteiger partial charge in [0.1, 0.15) is 5.70 Å². The fraction of sp³-hybridized carbons (Fsp3) is 0.0435. The van der Waals surface area contributed by atoms with E-state index < -0.39 is 23.4 Å². The number of amides is 2. The quantitative estimate of drug-likeness (QED) is 0.659. The van der Waals surface area contributed by atoms with E-state index in [1.54, 1.807) is 30.3 Å². The first-order valence-electron chi connectivity index (χ1n) is 8.96. The van der Waals surface area contributed by atoms with Gasteiger partial charge in [0.15, 0.2) is 11.6 Å². The van der Waals surface area contributed by atoms with E-state index in [4.69, 9.17) is 0 Å².